The highest BCUT2D eigenvalue weighted by Gasteiger charge is 2.43. The monoisotopic (exact) mass is 1260 g/mol. The van der Waals surface area contributed by atoms with Crippen LogP contribution in [0.3, 0.4) is 0 Å². The van der Waals surface area contributed by atoms with E-state index in [1.807, 2.05) is 0 Å². The highest BCUT2D eigenvalue weighted by atomic mass is 15.0. The summed E-state index contributed by atoms with van der Waals surface area (Å²) in [4.78, 5) is 0. The van der Waals surface area contributed by atoms with E-state index in [0.29, 0.717) is 17.6 Å². The molecular formula is C94H63BN4. The quantitative estimate of drug-likeness (QED) is 0.157. The van der Waals surface area contributed by atoms with Gasteiger partial charge in [0.05, 0.1) is 46.9 Å². The summed E-state index contributed by atoms with van der Waals surface area (Å²) in [6, 6.07) is 117. The molecule has 0 amide bonds. The van der Waals surface area contributed by atoms with E-state index in [0.717, 1.165) is 192 Å². The molecule has 462 valence electrons. The minimum atomic E-state index is -0.733. The summed E-state index contributed by atoms with van der Waals surface area (Å²) in [7, 11) is 0. The number of hydrogen-bond acceptors (Lipinski definition) is 0. The molecular weight excluding hydrogens is 1200 g/mol. The van der Waals surface area contributed by atoms with E-state index in [1.54, 1.807) is 0 Å². The summed E-state index contributed by atoms with van der Waals surface area (Å²) in [6.45, 7) is 6.03. The van der Waals surface area contributed by atoms with Gasteiger partial charge in [0, 0.05) is 77.0 Å². The first-order valence-corrected chi connectivity index (χ1v) is 34.5. The van der Waals surface area contributed by atoms with Gasteiger partial charge in [0.1, 0.15) is 0 Å². The second-order valence-corrected chi connectivity index (χ2v) is 28.0. The maximum Gasteiger partial charge on any atom is 0.252 e. The number of fused-ring (bicyclic) bond motifs is 26. The van der Waals surface area contributed by atoms with Crippen LogP contribution in [0.5, 0.6) is 0 Å². The van der Waals surface area contributed by atoms with E-state index in [2.05, 4.69) is 354 Å². The van der Waals surface area contributed by atoms with Gasteiger partial charge in [-0.2, -0.15) is 0 Å². The molecule has 0 bridgehead atoms. The first-order valence-electron chi connectivity index (χ1n) is 35.5. The molecule has 0 fully saturated rings. The van der Waals surface area contributed by atoms with Crippen LogP contribution in [0.2, 0.25) is 0 Å². The zero-order chi connectivity index (χ0) is 67.1. The predicted molar refractivity (Wildman–Crippen MR) is 423 cm³/mol. The number of benzene rings is 15. The van der Waals surface area contributed by atoms with Crippen LogP contribution in [-0.4, -0.2) is 25.0 Å². The second kappa shape index (κ2) is 21.0. The van der Waals surface area contributed by atoms with Crippen molar-refractivity contribution in [2.75, 3.05) is 0 Å². The fraction of sp³-hybridized carbons (Fsp3) is 0.0426. The van der Waals surface area contributed by atoms with Crippen LogP contribution in [0.15, 0.2) is 328 Å². The zero-order valence-electron chi connectivity index (χ0n) is 56.9. The molecule has 0 unspecified atom stereocenters. The van der Waals surface area contributed by atoms with Crippen LogP contribution < -0.4 is 16.4 Å². The average Bonchev–Trinajstić information content (AvgIpc) is 1.61. The number of hydrogen-bond donors (Lipinski definition) is 0. The molecule has 0 radical (unpaired) electrons. The van der Waals surface area contributed by atoms with E-state index >= 15 is 0 Å². The van der Waals surface area contributed by atoms with Crippen molar-refractivity contribution >= 4 is 153 Å². The molecule has 6 heterocycles. The molecule has 19 aromatic rings. The van der Waals surface area contributed by atoms with Crippen LogP contribution in [0, 0.1) is 0 Å². The van der Waals surface area contributed by atoms with Crippen LogP contribution in [0.4, 0.5) is 0 Å². The van der Waals surface area contributed by atoms with Gasteiger partial charge >= 0.3 is 0 Å². The van der Waals surface area contributed by atoms with Gasteiger partial charge < -0.3 is 18.3 Å². The van der Waals surface area contributed by atoms with Crippen molar-refractivity contribution in [2.24, 2.45) is 0 Å². The van der Waals surface area contributed by atoms with E-state index < -0.39 is 12.1 Å². The third-order valence-corrected chi connectivity index (χ3v) is 21.6. The Morgan fingerprint density at radius 2 is 0.586 bits per heavy atom. The van der Waals surface area contributed by atoms with E-state index in [-0.39, 0.29) is 0 Å². The number of nitrogens with zero attached hydrogens (tertiary/aromatic N) is 4. The van der Waals surface area contributed by atoms with Crippen molar-refractivity contribution in [3.05, 3.63) is 333 Å². The van der Waals surface area contributed by atoms with Crippen molar-refractivity contribution in [3.63, 3.8) is 0 Å². The molecule has 0 saturated heterocycles. The standard InChI is InChI=1S/C94H63BN4/c1-94(2,3)60-54-83-89-84(55-60)99-91-64(59-32-10-5-11-33-59)49-29-51-74(91)70-43-19-17-39-66(70)68-41-21-23-45-72(68)88-86-76-47-25-27-53-80(76)97(62-36-14-7-15-37-62)82(86)57-78(93(88)99)95(89)77-56-81-85(75-46-24-26-52-79(75)96(81)61-34-12-6-13-35-61)87-71-44-22-20-40-67(71)65-38-16-18-42-69(65)73-50-28-48-63(58-30-8-4-9-31-58)90(73)98(83)92(77)87/h4-57H,1-3H3/i54D,55D. The third kappa shape index (κ3) is 7.87. The Morgan fingerprint density at radius 1 is 0.273 bits per heavy atom. The van der Waals surface area contributed by atoms with Crippen LogP contribution in [0.1, 0.15) is 29.1 Å². The molecule has 0 atom stereocenters. The Bertz CT molecular complexity index is 6590. The van der Waals surface area contributed by atoms with Crippen LogP contribution >= 0.6 is 0 Å². The fourth-order valence-electron chi connectivity index (χ4n) is 17.6. The van der Waals surface area contributed by atoms with Crippen molar-refractivity contribution in [1.29, 1.82) is 0 Å². The summed E-state index contributed by atoms with van der Waals surface area (Å²) >= 11 is 0. The fourth-order valence-corrected chi connectivity index (χ4v) is 17.6. The minimum Gasteiger partial charge on any atom is -0.310 e. The van der Waals surface area contributed by atoms with Crippen LogP contribution in [-0.2, 0) is 5.41 Å². The molecule has 0 aliphatic carbocycles. The normalized spacial score (nSPS) is 12.9. The summed E-state index contributed by atoms with van der Waals surface area (Å²) in [6.07, 6.45) is 0. The second-order valence-electron chi connectivity index (χ2n) is 28.0. The topological polar surface area (TPSA) is 19.7 Å². The lowest BCUT2D eigenvalue weighted by molar-refractivity contribution is 0.589. The SMILES string of the molecule is [2H]c1c2c3c(c([2H])c1C(C)(C)C)-n1c4c(-c5ccccc5)cccc4c4ccccc4c4ccccc4c4c5c6ccccc6n(-c6ccccc6)c5cc(c41)B3c1cc3c(c4ccccc4n3-c3ccccc3)c3c4ccccc4c4ccccc4c4cccc(-c5ccccc5)c4n-2c13. The van der Waals surface area contributed by atoms with E-state index in [1.165, 1.54) is 0 Å². The lowest BCUT2D eigenvalue weighted by Crippen LogP contribution is -2.60. The minimum absolute atomic E-state index is 0.337. The lowest BCUT2D eigenvalue weighted by atomic mass is 9.34. The molecule has 99 heavy (non-hydrogen) atoms. The third-order valence-electron chi connectivity index (χ3n) is 21.6. The molecule has 15 aromatic carbocycles. The molecule has 5 heteroatoms. The molecule has 2 aliphatic heterocycles. The van der Waals surface area contributed by atoms with Crippen molar-refractivity contribution in [3.8, 4) is 45.0 Å². The van der Waals surface area contributed by atoms with Gasteiger partial charge in [0.15, 0.2) is 0 Å². The maximum absolute atomic E-state index is 11.8. The van der Waals surface area contributed by atoms with Crippen molar-refractivity contribution in [2.45, 2.75) is 26.2 Å². The number of rotatable bonds is 4. The lowest BCUT2D eigenvalue weighted by Gasteiger charge is -2.38. The van der Waals surface area contributed by atoms with Gasteiger partial charge in [-0.25, -0.2) is 0 Å². The zero-order valence-corrected chi connectivity index (χ0v) is 54.9. The summed E-state index contributed by atoms with van der Waals surface area (Å²) < 4.78 is 33.8. The molecule has 0 N–H and O–H groups in total. The van der Waals surface area contributed by atoms with Gasteiger partial charge in [-0.3, -0.25) is 0 Å². The first kappa shape index (κ1) is 53.8. The molecule has 4 aromatic heterocycles. The van der Waals surface area contributed by atoms with Gasteiger partial charge in [-0.15, -0.1) is 0 Å². The number of aromatic nitrogens is 4. The van der Waals surface area contributed by atoms with E-state index in [9.17, 15) is 2.74 Å². The molecule has 0 saturated carbocycles. The predicted octanol–water partition coefficient (Wildman–Crippen LogP) is 22.7. The molecule has 2 aliphatic rings. The Morgan fingerprint density at radius 3 is 0.970 bits per heavy atom. The van der Waals surface area contributed by atoms with E-state index in [4.69, 9.17) is 0 Å². The Labute approximate surface area is 575 Å². The van der Waals surface area contributed by atoms with Crippen molar-refractivity contribution < 1.29 is 2.74 Å². The molecule has 4 nitrogen and oxygen atoms in total. The highest BCUT2D eigenvalue weighted by molar-refractivity contribution is 7.00. The van der Waals surface area contributed by atoms with Gasteiger partial charge in [0.25, 0.3) is 6.71 Å². The smallest absolute Gasteiger partial charge is 0.252 e. The summed E-state index contributed by atoms with van der Waals surface area (Å²) in [5.74, 6) is 0. The highest BCUT2D eigenvalue weighted by Crippen LogP contribution is 2.49. The first-order chi connectivity index (χ1) is 49.7. The summed E-state index contributed by atoms with van der Waals surface area (Å²) in [5.41, 5.74) is 19.1. The van der Waals surface area contributed by atoms with Crippen molar-refractivity contribution in [1.82, 2.24) is 18.3 Å². The molecule has 0 spiro atoms. The maximum atomic E-state index is 11.8. The average molecular weight is 1260 g/mol. The number of para-hydroxylation sites is 6. The van der Waals surface area contributed by atoms with Gasteiger partial charge in [-0.05, 0) is 142 Å². The Balaban J connectivity index is 1.17. The largest absolute Gasteiger partial charge is 0.310 e. The summed E-state index contributed by atoms with van der Waals surface area (Å²) in [5, 5.41) is 17.6. The van der Waals surface area contributed by atoms with Crippen LogP contribution in [0.25, 0.3) is 175 Å². The van der Waals surface area contributed by atoms with Gasteiger partial charge in [0.2, 0.25) is 0 Å². The van der Waals surface area contributed by atoms with Gasteiger partial charge in [-0.1, -0.05) is 288 Å². The Kier molecular flexibility index (Phi) is 11.4. The Hall–Kier alpha value is -12.4. The molecule has 21 rings (SSSR count).